The molecule has 0 aromatic carbocycles. The fraction of sp³-hybridized carbons (Fsp3) is 0.533. The van der Waals surface area contributed by atoms with Gasteiger partial charge in [-0.1, -0.05) is 25.4 Å². The van der Waals surface area contributed by atoms with E-state index in [-0.39, 0.29) is 0 Å². The first-order valence-corrected chi connectivity index (χ1v) is 7.60. The molecular formula is C15H23ClN4. The Morgan fingerprint density at radius 1 is 1.35 bits per heavy atom. The first-order chi connectivity index (χ1) is 9.67. The van der Waals surface area contributed by atoms with Crippen molar-refractivity contribution in [1.29, 1.82) is 0 Å². The van der Waals surface area contributed by atoms with E-state index in [2.05, 4.69) is 47.2 Å². The van der Waals surface area contributed by atoms with Crippen LogP contribution in [0.5, 0.6) is 0 Å². The van der Waals surface area contributed by atoms with Crippen LogP contribution in [-0.4, -0.2) is 20.9 Å². The molecule has 0 saturated carbocycles. The van der Waals surface area contributed by atoms with Gasteiger partial charge in [-0.05, 0) is 31.5 Å². The smallest absolute Gasteiger partial charge is 0.0868 e. The lowest BCUT2D eigenvalue weighted by Crippen LogP contribution is -2.17. The Morgan fingerprint density at radius 3 is 2.80 bits per heavy atom. The molecule has 20 heavy (non-hydrogen) atoms. The minimum Gasteiger partial charge on any atom is -0.344 e. The molecule has 0 amide bonds. The van der Waals surface area contributed by atoms with Crippen LogP contribution in [0.25, 0.3) is 0 Å². The highest BCUT2D eigenvalue weighted by Crippen LogP contribution is 2.22. The molecule has 0 atom stereocenters. The molecule has 4 nitrogen and oxygen atoms in total. The van der Waals surface area contributed by atoms with Gasteiger partial charge in [-0.2, -0.15) is 5.10 Å². The first-order valence-electron chi connectivity index (χ1n) is 7.22. The molecule has 0 spiro atoms. The van der Waals surface area contributed by atoms with E-state index >= 15 is 0 Å². The monoisotopic (exact) mass is 294 g/mol. The summed E-state index contributed by atoms with van der Waals surface area (Å²) in [6.45, 7) is 6.94. The molecular weight excluding hydrogens is 272 g/mol. The summed E-state index contributed by atoms with van der Waals surface area (Å²) in [5.74, 6) is 0. The molecule has 0 aliphatic rings. The third kappa shape index (κ3) is 3.25. The maximum Gasteiger partial charge on any atom is 0.0868 e. The second kappa shape index (κ2) is 6.95. The van der Waals surface area contributed by atoms with Gasteiger partial charge in [0, 0.05) is 25.5 Å². The van der Waals surface area contributed by atoms with Gasteiger partial charge in [0.25, 0.3) is 0 Å². The average Bonchev–Trinajstić information content (AvgIpc) is 2.98. The zero-order chi connectivity index (χ0) is 14.5. The lowest BCUT2D eigenvalue weighted by Gasteiger charge is -2.10. The molecule has 2 heterocycles. The molecule has 2 aromatic rings. The van der Waals surface area contributed by atoms with Gasteiger partial charge in [0.05, 0.1) is 23.0 Å². The van der Waals surface area contributed by atoms with E-state index in [0.717, 1.165) is 48.9 Å². The van der Waals surface area contributed by atoms with Crippen LogP contribution in [0.15, 0.2) is 18.3 Å². The SMILES string of the molecule is CCCNCc1cccn1Cc1c(Cl)c(CC)nn1C. The van der Waals surface area contributed by atoms with E-state index < -0.39 is 0 Å². The van der Waals surface area contributed by atoms with Gasteiger partial charge in [-0.15, -0.1) is 0 Å². The standard InChI is InChI=1S/C15H23ClN4/c1-4-8-17-10-12-7-6-9-20(12)11-14-15(16)13(5-2)18-19(14)3/h6-7,9,17H,4-5,8,10-11H2,1-3H3. The summed E-state index contributed by atoms with van der Waals surface area (Å²) in [4.78, 5) is 0. The zero-order valence-corrected chi connectivity index (χ0v) is 13.2. The second-order valence-corrected chi connectivity index (χ2v) is 5.37. The van der Waals surface area contributed by atoms with Crippen LogP contribution in [-0.2, 0) is 26.6 Å². The van der Waals surface area contributed by atoms with Crippen molar-refractivity contribution >= 4 is 11.6 Å². The molecule has 1 N–H and O–H groups in total. The van der Waals surface area contributed by atoms with Gasteiger partial charge < -0.3 is 9.88 Å². The summed E-state index contributed by atoms with van der Waals surface area (Å²) in [6, 6.07) is 4.22. The van der Waals surface area contributed by atoms with E-state index in [4.69, 9.17) is 11.6 Å². The molecule has 0 fully saturated rings. The normalized spacial score (nSPS) is 11.2. The van der Waals surface area contributed by atoms with E-state index in [1.807, 2.05) is 11.7 Å². The summed E-state index contributed by atoms with van der Waals surface area (Å²) in [5, 5.41) is 8.71. The van der Waals surface area contributed by atoms with Crippen molar-refractivity contribution in [2.75, 3.05) is 6.54 Å². The molecule has 2 rings (SSSR count). The highest BCUT2D eigenvalue weighted by atomic mass is 35.5. The molecule has 2 aromatic heterocycles. The van der Waals surface area contributed by atoms with Crippen LogP contribution in [0, 0.1) is 0 Å². The molecule has 0 saturated heterocycles. The summed E-state index contributed by atoms with van der Waals surface area (Å²) >= 11 is 6.41. The Bertz CT molecular complexity index is 556. The third-order valence-electron chi connectivity index (χ3n) is 3.48. The quantitative estimate of drug-likeness (QED) is 0.797. The van der Waals surface area contributed by atoms with Crippen LogP contribution < -0.4 is 5.32 Å². The van der Waals surface area contributed by atoms with Gasteiger partial charge in [-0.3, -0.25) is 4.68 Å². The average molecular weight is 295 g/mol. The van der Waals surface area contributed by atoms with Gasteiger partial charge in [0.1, 0.15) is 0 Å². The Hall–Kier alpha value is -1.26. The van der Waals surface area contributed by atoms with Crippen molar-refractivity contribution < 1.29 is 0 Å². The summed E-state index contributed by atoms with van der Waals surface area (Å²) in [6.07, 6.45) is 4.11. The molecule has 0 unspecified atom stereocenters. The predicted octanol–water partition coefficient (Wildman–Crippen LogP) is 2.99. The largest absolute Gasteiger partial charge is 0.344 e. The number of halogens is 1. The predicted molar refractivity (Wildman–Crippen MR) is 83.1 cm³/mol. The van der Waals surface area contributed by atoms with Crippen LogP contribution >= 0.6 is 11.6 Å². The third-order valence-corrected chi connectivity index (χ3v) is 3.92. The van der Waals surface area contributed by atoms with Gasteiger partial charge in [0.2, 0.25) is 0 Å². The minimum atomic E-state index is 0.762. The lowest BCUT2D eigenvalue weighted by atomic mass is 10.3. The van der Waals surface area contributed by atoms with Crippen LogP contribution in [0.3, 0.4) is 0 Å². The van der Waals surface area contributed by atoms with Gasteiger partial charge in [-0.25, -0.2) is 0 Å². The fourth-order valence-electron chi connectivity index (χ4n) is 2.31. The summed E-state index contributed by atoms with van der Waals surface area (Å²) in [5.41, 5.74) is 3.31. The van der Waals surface area contributed by atoms with Crippen molar-refractivity contribution in [3.63, 3.8) is 0 Å². The van der Waals surface area contributed by atoms with E-state index in [1.165, 1.54) is 5.69 Å². The molecule has 0 bridgehead atoms. The number of aromatic nitrogens is 3. The van der Waals surface area contributed by atoms with Crippen molar-refractivity contribution in [1.82, 2.24) is 19.7 Å². The van der Waals surface area contributed by atoms with Crippen LogP contribution in [0.1, 0.15) is 37.4 Å². The number of rotatable bonds is 7. The highest BCUT2D eigenvalue weighted by Gasteiger charge is 2.14. The second-order valence-electron chi connectivity index (χ2n) is 4.99. The number of nitrogens with one attached hydrogen (secondary N) is 1. The summed E-state index contributed by atoms with van der Waals surface area (Å²) < 4.78 is 4.12. The minimum absolute atomic E-state index is 0.762. The van der Waals surface area contributed by atoms with Gasteiger partial charge in [0.15, 0.2) is 0 Å². The molecule has 0 aliphatic carbocycles. The van der Waals surface area contributed by atoms with Gasteiger partial charge >= 0.3 is 0 Å². The zero-order valence-electron chi connectivity index (χ0n) is 12.5. The topological polar surface area (TPSA) is 34.8 Å². The van der Waals surface area contributed by atoms with E-state index in [1.54, 1.807) is 0 Å². The summed E-state index contributed by atoms with van der Waals surface area (Å²) in [7, 11) is 1.96. The Morgan fingerprint density at radius 2 is 2.15 bits per heavy atom. The number of hydrogen-bond donors (Lipinski definition) is 1. The van der Waals surface area contributed by atoms with Crippen LogP contribution in [0.2, 0.25) is 5.02 Å². The van der Waals surface area contributed by atoms with Crippen molar-refractivity contribution in [2.45, 2.75) is 39.8 Å². The lowest BCUT2D eigenvalue weighted by molar-refractivity contribution is 0.608. The number of nitrogens with zero attached hydrogens (tertiary/aromatic N) is 3. The molecule has 5 heteroatoms. The highest BCUT2D eigenvalue weighted by molar-refractivity contribution is 6.31. The van der Waals surface area contributed by atoms with Crippen molar-refractivity contribution in [3.05, 3.63) is 40.4 Å². The molecule has 0 radical (unpaired) electrons. The number of hydrogen-bond acceptors (Lipinski definition) is 2. The maximum absolute atomic E-state index is 6.41. The van der Waals surface area contributed by atoms with Crippen LogP contribution in [0.4, 0.5) is 0 Å². The molecule has 0 aliphatic heterocycles. The molecule has 110 valence electrons. The Kier molecular flexibility index (Phi) is 5.26. The maximum atomic E-state index is 6.41. The van der Waals surface area contributed by atoms with E-state index in [9.17, 15) is 0 Å². The van der Waals surface area contributed by atoms with E-state index in [0.29, 0.717) is 0 Å². The Balaban J connectivity index is 2.14. The van der Waals surface area contributed by atoms with Crippen molar-refractivity contribution in [2.24, 2.45) is 7.05 Å². The van der Waals surface area contributed by atoms with Crippen molar-refractivity contribution in [3.8, 4) is 0 Å². The number of aryl methyl sites for hydroxylation is 2. The fourth-order valence-corrected chi connectivity index (χ4v) is 2.66. The first kappa shape index (κ1) is 15.1. The Labute approximate surface area is 125 Å².